The Bertz CT molecular complexity index is 801. The minimum absolute atomic E-state index is 0.00897. The molecule has 0 radical (unpaired) electrons. The summed E-state index contributed by atoms with van der Waals surface area (Å²) in [6.07, 6.45) is 2.93. The summed E-state index contributed by atoms with van der Waals surface area (Å²) in [5.74, 6) is 0.207. The fourth-order valence-electron chi connectivity index (χ4n) is 4.27. The minimum atomic E-state index is -3.50. The topological polar surface area (TPSA) is 60.9 Å². The molecule has 1 aromatic rings. The van der Waals surface area contributed by atoms with E-state index in [0.29, 0.717) is 31.1 Å². The van der Waals surface area contributed by atoms with Crippen LogP contribution in [0.25, 0.3) is 0 Å². The highest BCUT2D eigenvalue weighted by atomic mass is 32.2. The molecule has 2 aliphatic heterocycles. The van der Waals surface area contributed by atoms with E-state index in [4.69, 9.17) is 0 Å². The minimum Gasteiger partial charge on any atom is -0.341 e. The molecule has 7 heteroatoms. The van der Waals surface area contributed by atoms with Gasteiger partial charge in [0, 0.05) is 39.3 Å². The smallest absolute Gasteiger partial charge is 0.243 e. The van der Waals surface area contributed by atoms with Crippen molar-refractivity contribution in [2.24, 2.45) is 0 Å². The number of likely N-dealkylation sites (tertiary alicyclic amines) is 1. The number of piperazine rings is 1. The Hall–Kier alpha value is -1.44. The first-order valence-electron chi connectivity index (χ1n) is 10.8. The van der Waals surface area contributed by atoms with Crippen molar-refractivity contribution in [3.63, 3.8) is 0 Å². The van der Waals surface area contributed by atoms with Gasteiger partial charge in [-0.05, 0) is 42.4 Å². The molecule has 162 valence electrons. The first-order valence-corrected chi connectivity index (χ1v) is 12.2. The molecule has 1 amide bonds. The first kappa shape index (κ1) is 22.2. The molecule has 2 saturated heterocycles. The monoisotopic (exact) mass is 421 g/mol. The van der Waals surface area contributed by atoms with Crippen molar-refractivity contribution in [3.8, 4) is 0 Å². The van der Waals surface area contributed by atoms with Gasteiger partial charge in [-0.3, -0.25) is 9.69 Å². The highest BCUT2D eigenvalue weighted by Crippen LogP contribution is 2.25. The highest BCUT2D eigenvalue weighted by Gasteiger charge is 2.35. The van der Waals surface area contributed by atoms with E-state index >= 15 is 0 Å². The summed E-state index contributed by atoms with van der Waals surface area (Å²) in [6, 6.07) is 7.11. The molecule has 1 unspecified atom stereocenters. The third-order valence-corrected chi connectivity index (χ3v) is 8.07. The maximum absolute atomic E-state index is 13.1. The van der Waals surface area contributed by atoms with E-state index in [1.165, 1.54) is 0 Å². The Morgan fingerprint density at radius 2 is 1.52 bits per heavy atom. The molecule has 0 spiro atoms. The highest BCUT2D eigenvalue weighted by molar-refractivity contribution is 7.89. The second kappa shape index (κ2) is 8.74. The van der Waals surface area contributed by atoms with Crippen LogP contribution in [0.5, 0.6) is 0 Å². The molecule has 0 N–H and O–H groups in total. The van der Waals surface area contributed by atoms with E-state index in [0.717, 1.165) is 37.9 Å². The van der Waals surface area contributed by atoms with Crippen LogP contribution in [0.1, 0.15) is 52.5 Å². The molecule has 0 bridgehead atoms. The number of amides is 1. The van der Waals surface area contributed by atoms with Crippen molar-refractivity contribution in [2.45, 2.75) is 63.3 Å². The number of benzene rings is 1. The van der Waals surface area contributed by atoms with Gasteiger partial charge in [0.15, 0.2) is 0 Å². The number of rotatable bonds is 5. The molecule has 2 fully saturated rings. The van der Waals surface area contributed by atoms with Crippen LogP contribution in [0.4, 0.5) is 0 Å². The van der Waals surface area contributed by atoms with E-state index in [2.05, 4.69) is 25.7 Å². The standard InChI is InChI=1S/C22H35N3O3S/c1-5-20(21(26)24-12-6-7-13-24)23-14-16-25(17-15-23)29(27,28)19-10-8-18(9-11-19)22(2,3)4/h8-11,20H,5-7,12-17H2,1-4H3. The van der Waals surface area contributed by atoms with Crippen LogP contribution in [0.15, 0.2) is 29.2 Å². The SMILES string of the molecule is CCC(C(=O)N1CCCC1)N1CCN(S(=O)(=O)c2ccc(C(C)(C)C)cc2)CC1. The van der Waals surface area contributed by atoms with Gasteiger partial charge in [0.1, 0.15) is 0 Å². The summed E-state index contributed by atoms with van der Waals surface area (Å²) < 4.78 is 27.7. The van der Waals surface area contributed by atoms with E-state index in [9.17, 15) is 13.2 Å². The van der Waals surface area contributed by atoms with Gasteiger partial charge < -0.3 is 4.90 Å². The number of nitrogens with zero attached hydrogens (tertiary/aromatic N) is 3. The Morgan fingerprint density at radius 3 is 2.00 bits per heavy atom. The normalized spacial score (nSPS) is 20.8. The quantitative estimate of drug-likeness (QED) is 0.733. The lowest BCUT2D eigenvalue weighted by Gasteiger charge is -2.39. The van der Waals surface area contributed by atoms with Crippen molar-refractivity contribution in [1.82, 2.24) is 14.1 Å². The van der Waals surface area contributed by atoms with E-state index in [1.54, 1.807) is 16.4 Å². The Kier molecular flexibility index (Phi) is 6.70. The average molecular weight is 422 g/mol. The zero-order valence-corrected chi connectivity index (χ0v) is 19.0. The second-order valence-electron chi connectivity index (χ2n) is 9.17. The molecule has 2 aliphatic rings. The Balaban J connectivity index is 1.65. The van der Waals surface area contributed by atoms with Crippen LogP contribution >= 0.6 is 0 Å². The molecule has 6 nitrogen and oxygen atoms in total. The number of carbonyl (C=O) groups excluding carboxylic acids is 1. The molecule has 0 aromatic heterocycles. The fraction of sp³-hybridized carbons (Fsp3) is 0.682. The van der Waals surface area contributed by atoms with Gasteiger partial charge in [0.05, 0.1) is 10.9 Å². The van der Waals surface area contributed by atoms with Gasteiger partial charge in [-0.25, -0.2) is 8.42 Å². The molecule has 29 heavy (non-hydrogen) atoms. The van der Waals surface area contributed by atoms with Gasteiger partial charge in [-0.2, -0.15) is 4.31 Å². The number of hydrogen-bond donors (Lipinski definition) is 0. The predicted molar refractivity (Wildman–Crippen MR) is 115 cm³/mol. The zero-order valence-electron chi connectivity index (χ0n) is 18.2. The summed E-state index contributed by atoms with van der Waals surface area (Å²) in [7, 11) is -3.50. The lowest BCUT2D eigenvalue weighted by atomic mass is 9.87. The number of hydrogen-bond acceptors (Lipinski definition) is 4. The molecule has 3 rings (SSSR count). The van der Waals surface area contributed by atoms with E-state index < -0.39 is 10.0 Å². The zero-order chi connectivity index (χ0) is 21.2. The van der Waals surface area contributed by atoms with E-state index in [1.807, 2.05) is 24.0 Å². The number of sulfonamides is 1. The molecular weight excluding hydrogens is 386 g/mol. The Labute approximate surface area is 175 Å². The van der Waals surface area contributed by atoms with Crippen LogP contribution < -0.4 is 0 Å². The predicted octanol–water partition coefficient (Wildman–Crippen LogP) is 2.69. The average Bonchev–Trinajstić information content (AvgIpc) is 3.23. The summed E-state index contributed by atoms with van der Waals surface area (Å²) in [6.45, 7) is 12.1. The van der Waals surface area contributed by atoms with Crippen LogP contribution in [0, 0.1) is 0 Å². The van der Waals surface area contributed by atoms with Crippen LogP contribution in [-0.2, 0) is 20.2 Å². The van der Waals surface area contributed by atoms with Crippen LogP contribution in [0.2, 0.25) is 0 Å². The molecule has 0 saturated carbocycles. The summed E-state index contributed by atoms with van der Waals surface area (Å²) in [5, 5.41) is 0. The summed E-state index contributed by atoms with van der Waals surface area (Å²) in [4.78, 5) is 17.3. The van der Waals surface area contributed by atoms with Crippen LogP contribution in [0.3, 0.4) is 0 Å². The summed E-state index contributed by atoms with van der Waals surface area (Å²) >= 11 is 0. The van der Waals surface area contributed by atoms with Gasteiger partial charge in [0.25, 0.3) is 0 Å². The molecule has 1 atom stereocenters. The van der Waals surface area contributed by atoms with Gasteiger partial charge in [-0.1, -0.05) is 39.8 Å². The third-order valence-electron chi connectivity index (χ3n) is 6.16. The molecule has 1 aromatic carbocycles. The van der Waals surface area contributed by atoms with Gasteiger partial charge >= 0.3 is 0 Å². The molecular formula is C22H35N3O3S. The summed E-state index contributed by atoms with van der Waals surface area (Å²) in [5.41, 5.74) is 1.11. The van der Waals surface area contributed by atoms with Gasteiger partial charge in [0.2, 0.25) is 15.9 Å². The van der Waals surface area contributed by atoms with E-state index in [-0.39, 0.29) is 17.4 Å². The lowest BCUT2D eigenvalue weighted by molar-refractivity contribution is -0.136. The van der Waals surface area contributed by atoms with Crippen molar-refractivity contribution in [3.05, 3.63) is 29.8 Å². The van der Waals surface area contributed by atoms with Crippen LogP contribution in [-0.4, -0.2) is 73.7 Å². The van der Waals surface area contributed by atoms with Crippen molar-refractivity contribution < 1.29 is 13.2 Å². The largest absolute Gasteiger partial charge is 0.341 e. The fourth-order valence-corrected chi connectivity index (χ4v) is 5.69. The number of carbonyl (C=O) groups is 1. The lowest BCUT2D eigenvalue weighted by Crippen LogP contribution is -2.56. The second-order valence-corrected chi connectivity index (χ2v) is 11.1. The maximum atomic E-state index is 13.1. The van der Waals surface area contributed by atoms with Crippen molar-refractivity contribution in [2.75, 3.05) is 39.3 Å². The third kappa shape index (κ3) is 4.84. The first-order chi connectivity index (χ1) is 13.6. The maximum Gasteiger partial charge on any atom is 0.243 e. The molecule has 2 heterocycles. The van der Waals surface area contributed by atoms with Crippen molar-refractivity contribution in [1.29, 1.82) is 0 Å². The van der Waals surface area contributed by atoms with Crippen molar-refractivity contribution >= 4 is 15.9 Å². The molecule has 0 aliphatic carbocycles. The van der Waals surface area contributed by atoms with Gasteiger partial charge in [-0.15, -0.1) is 0 Å². The Morgan fingerprint density at radius 1 is 0.966 bits per heavy atom.